The Morgan fingerprint density at radius 3 is 2.68 bits per heavy atom. The number of nitrogens with one attached hydrogen (secondary N) is 1. The number of ether oxygens (including phenoxy) is 4. The fourth-order valence-corrected chi connectivity index (χ4v) is 3.62. The molecule has 0 saturated carbocycles. The molecule has 0 amide bonds. The van der Waals surface area contributed by atoms with Crippen LogP contribution < -0.4 is 5.32 Å². The molecule has 1 aromatic carbocycles. The van der Waals surface area contributed by atoms with Crippen LogP contribution in [0, 0.1) is 5.92 Å². The summed E-state index contributed by atoms with van der Waals surface area (Å²) in [5.41, 5.74) is 1.01. The van der Waals surface area contributed by atoms with Gasteiger partial charge >= 0.3 is 0 Å². The Morgan fingerprint density at radius 2 is 2.00 bits per heavy atom. The molecule has 2 aliphatic heterocycles. The predicted octanol–water partition coefficient (Wildman–Crippen LogP) is 2.81. The first-order chi connectivity index (χ1) is 12.3. The summed E-state index contributed by atoms with van der Waals surface area (Å²) in [5.74, 6) is 0.109. The van der Waals surface area contributed by atoms with Crippen LogP contribution in [0.3, 0.4) is 0 Å². The van der Waals surface area contributed by atoms with Gasteiger partial charge in [-0.15, -0.1) is 13.2 Å². The van der Waals surface area contributed by atoms with Crippen LogP contribution in [0.2, 0.25) is 0 Å². The fourth-order valence-electron chi connectivity index (χ4n) is 3.62. The van der Waals surface area contributed by atoms with E-state index in [1.54, 1.807) is 7.11 Å². The average molecular weight is 345 g/mol. The van der Waals surface area contributed by atoms with E-state index in [-0.39, 0.29) is 36.7 Å². The van der Waals surface area contributed by atoms with E-state index in [0.29, 0.717) is 13.2 Å². The predicted molar refractivity (Wildman–Crippen MR) is 96.0 cm³/mol. The van der Waals surface area contributed by atoms with Gasteiger partial charge in [-0.3, -0.25) is 0 Å². The third-order valence-corrected chi connectivity index (χ3v) is 4.77. The van der Waals surface area contributed by atoms with E-state index in [1.165, 1.54) is 0 Å². The quantitative estimate of drug-likeness (QED) is 0.770. The molecule has 0 radical (unpaired) electrons. The molecule has 2 aliphatic rings. The van der Waals surface area contributed by atoms with E-state index in [4.69, 9.17) is 18.9 Å². The molecule has 3 rings (SSSR count). The van der Waals surface area contributed by atoms with Crippen molar-refractivity contribution in [2.75, 3.05) is 20.3 Å². The lowest BCUT2D eigenvalue weighted by Gasteiger charge is -2.49. The van der Waals surface area contributed by atoms with Gasteiger partial charge < -0.3 is 24.3 Å². The highest BCUT2D eigenvalue weighted by molar-refractivity contribution is 5.17. The van der Waals surface area contributed by atoms with Crippen LogP contribution in [0.25, 0.3) is 0 Å². The lowest BCUT2D eigenvalue weighted by molar-refractivity contribution is -0.333. The zero-order valence-corrected chi connectivity index (χ0v) is 14.7. The van der Waals surface area contributed by atoms with Crippen LogP contribution in [0.5, 0.6) is 0 Å². The van der Waals surface area contributed by atoms with Crippen LogP contribution in [-0.4, -0.2) is 44.8 Å². The van der Waals surface area contributed by atoms with Crippen LogP contribution in [0.15, 0.2) is 55.6 Å². The van der Waals surface area contributed by atoms with Gasteiger partial charge in [-0.25, -0.2) is 0 Å². The van der Waals surface area contributed by atoms with Gasteiger partial charge in [0.15, 0.2) is 12.6 Å². The first-order valence-corrected chi connectivity index (χ1v) is 8.74. The number of benzene rings is 1. The number of hydrogen-bond acceptors (Lipinski definition) is 5. The second-order valence-corrected chi connectivity index (χ2v) is 6.37. The Balaban J connectivity index is 1.82. The third-order valence-electron chi connectivity index (χ3n) is 4.77. The smallest absolute Gasteiger partial charge is 0.184 e. The molecular weight excluding hydrogens is 318 g/mol. The second-order valence-electron chi connectivity index (χ2n) is 6.37. The van der Waals surface area contributed by atoms with E-state index >= 15 is 0 Å². The molecule has 0 bridgehead atoms. The Labute approximate surface area is 149 Å². The van der Waals surface area contributed by atoms with E-state index in [2.05, 4.69) is 18.5 Å². The summed E-state index contributed by atoms with van der Waals surface area (Å²) in [6.45, 7) is 8.85. The monoisotopic (exact) mass is 345 g/mol. The highest BCUT2D eigenvalue weighted by Gasteiger charge is 2.49. The van der Waals surface area contributed by atoms with Gasteiger partial charge in [0.05, 0.1) is 6.61 Å². The van der Waals surface area contributed by atoms with Gasteiger partial charge in [-0.05, 0) is 6.42 Å². The van der Waals surface area contributed by atoms with Crippen LogP contribution in [0.1, 0.15) is 18.3 Å². The zero-order chi connectivity index (χ0) is 17.6. The van der Waals surface area contributed by atoms with Crippen LogP contribution in [-0.2, 0) is 18.9 Å². The highest BCUT2D eigenvalue weighted by Crippen LogP contribution is 2.37. The van der Waals surface area contributed by atoms with Gasteiger partial charge in [-0.1, -0.05) is 42.5 Å². The number of methoxy groups -OCH3 is 1. The molecule has 2 heterocycles. The molecule has 5 heteroatoms. The molecule has 6 atom stereocenters. The number of fused-ring (bicyclic) bond motifs is 1. The minimum atomic E-state index is -0.387. The lowest BCUT2D eigenvalue weighted by atomic mass is 9.85. The largest absolute Gasteiger partial charge is 0.356 e. The van der Waals surface area contributed by atoms with E-state index < -0.39 is 0 Å². The van der Waals surface area contributed by atoms with Crippen LogP contribution >= 0.6 is 0 Å². The van der Waals surface area contributed by atoms with E-state index in [1.807, 2.05) is 42.5 Å². The molecule has 25 heavy (non-hydrogen) atoms. The summed E-state index contributed by atoms with van der Waals surface area (Å²) in [5, 5.41) is 3.54. The van der Waals surface area contributed by atoms with E-state index in [0.717, 1.165) is 12.0 Å². The van der Waals surface area contributed by atoms with Crippen molar-refractivity contribution in [1.29, 1.82) is 0 Å². The summed E-state index contributed by atoms with van der Waals surface area (Å²) >= 11 is 0. The second kappa shape index (κ2) is 8.74. The minimum Gasteiger partial charge on any atom is -0.356 e. The number of hydrogen-bond donors (Lipinski definition) is 1. The Bertz CT molecular complexity index is 564. The van der Waals surface area contributed by atoms with Gasteiger partial charge in [0, 0.05) is 31.2 Å². The summed E-state index contributed by atoms with van der Waals surface area (Å²) in [7, 11) is 1.67. The Morgan fingerprint density at radius 1 is 1.20 bits per heavy atom. The van der Waals surface area contributed by atoms with Gasteiger partial charge in [0.1, 0.15) is 12.2 Å². The van der Waals surface area contributed by atoms with Crippen molar-refractivity contribution >= 4 is 0 Å². The molecule has 2 saturated heterocycles. The highest BCUT2D eigenvalue weighted by atomic mass is 16.7. The Hall–Kier alpha value is -1.50. The van der Waals surface area contributed by atoms with Gasteiger partial charge in [-0.2, -0.15) is 0 Å². The number of allylic oxidation sites excluding steroid dienone is 1. The van der Waals surface area contributed by atoms with Crippen molar-refractivity contribution in [1.82, 2.24) is 5.32 Å². The maximum Gasteiger partial charge on any atom is 0.184 e. The lowest BCUT2D eigenvalue weighted by Crippen LogP contribution is -2.64. The van der Waals surface area contributed by atoms with Crippen molar-refractivity contribution in [2.24, 2.45) is 5.92 Å². The van der Waals surface area contributed by atoms with Crippen molar-refractivity contribution in [2.45, 2.75) is 37.3 Å². The molecule has 1 aromatic rings. The first kappa shape index (κ1) is 18.3. The molecular formula is C20H27NO4. The molecule has 0 aliphatic carbocycles. The van der Waals surface area contributed by atoms with Crippen molar-refractivity contribution in [3.63, 3.8) is 0 Å². The minimum absolute atomic E-state index is 0.0646. The van der Waals surface area contributed by atoms with Crippen molar-refractivity contribution in [3.8, 4) is 0 Å². The average Bonchev–Trinajstić information content (AvgIpc) is 2.67. The maximum absolute atomic E-state index is 6.32. The van der Waals surface area contributed by atoms with E-state index in [9.17, 15) is 0 Å². The molecule has 0 aromatic heterocycles. The number of rotatable bonds is 7. The fraction of sp³-hybridized carbons (Fsp3) is 0.500. The first-order valence-electron chi connectivity index (χ1n) is 8.74. The molecule has 0 spiro atoms. The topological polar surface area (TPSA) is 49.0 Å². The summed E-state index contributed by atoms with van der Waals surface area (Å²) in [4.78, 5) is 0. The zero-order valence-electron chi connectivity index (χ0n) is 14.7. The van der Waals surface area contributed by atoms with Crippen molar-refractivity contribution in [3.05, 3.63) is 61.2 Å². The molecule has 5 nitrogen and oxygen atoms in total. The Kier molecular flexibility index (Phi) is 6.39. The summed E-state index contributed by atoms with van der Waals surface area (Å²) in [6, 6.07) is 10.0. The van der Waals surface area contributed by atoms with Crippen LogP contribution in [0.4, 0.5) is 0 Å². The van der Waals surface area contributed by atoms with Crippen molar-refractivity contribution < 1.29 is 18.9 Å². The third kappa shape index (κ3) is 4.02. The standard InChI is InChI=1S/C20H27NO4/c1-4-9-15-17(21-12-5-2)18-16(24-20(15)22-3)13-23-19(25-18)14-10-7-6-8-11-14/h4-8,10-11,15-21H,1-2,9,12-13H2,3H3/t15-,16-,17+,18-,19?,20+/m1/s1. The molecule has 136 valence electrons. The molecule has 1 unspecified atom stereocenters. The normalized spacial score (nSPS) is 34.9. The summed E-state index contributed by atoms with van der Waals surface area (Å²) < 4.78 is 23.9. The van der Waals surface area contributed by atoms with Gasteiger partial charge in [0.25, 0.3) is 0 Å². The maximum atomic E-state index is 6.32. The van der Waals surface area contributed by atoms with Gasteiger partial charge in [0.2, 0.25) is 0 Å². The SMILES string of the molecule is C=CCN[C@H]1[C@@H](CC=C)[C@@H](OC)O[C@@H]2COC(c3ccccc3)O[C@@H]12. The molecule has 2 fully saturated rings. The summed E-state index contributed by atoms with van der Waals surface area (Å²) in [6.07, 6.45) is 3.52. The molecule has 1 N–H and O–H groups in total.